The van der Waals surface area contributed by atoms with E-state index in [-0.39, 0.29) is 47.9 Å². The van der Waals surface area contributed by atoms with E-state index in [4.69, 9.17) is 58.0 Å². The molecule has 148 valence electrons. The molecule has 0 bridgehead atoms. The predicted molar refractivity (Wildman–Crippen MR) is 110 cm³/mol. The third-order valence-electron chi connectivity index (χ3n) is 3.59. The second-order valence-corrected chi connectivity index (χ2v) is 9.21. The SMILES string of the molecule is O=S(=O)(Nc1nn(Cc2c(F)cccc2Cl)cc1Cl)c1cc(Cl)c(Cl)cc1Cl. The van der Waals surface area contributed by atoms with Gasteiger partial charge in [-0.2, -0.15) is 5.10 Å². The fourth-order valence-corrected chi connectivity index (χ4v) is 4.78. The van der Waals surface area contributed by atoms with Crippen LogP contribution < -0.4 is 4.72 Å². The highest BCUT2D eigenvalue weighted by Gasteiger charge is 2.23. The molecule has 0 aliphatic carbocycles. The number of benzene rings is 2. The van der Waals surface area contributed by atoms with Gasteiger partial charge in [-0.15, -0.1) is 0 Å². The van der Waals surface area contributed by atoms with Gasteiger partial charge in [0.1, 0.15) is 15.7 Å². The van der Waals surface area contributed by atoms with E-state index >= 15 is 0 Å². The summed E-state index contributed by atoms with van der Waals surface area (Å²) < 4.78 is 42.7. The Bertz CT molecular complexity index is 1150. The van der Waals surface area contributed by atoms with Gasteiger partial charge >= 0.3 is 0 Å². The second kappa shape index (κ2) is 8.26. The summed E-state index contributed by atoms with van der Waals surface area (Å²) in [6.45, 7) is -0.0551. The maximum absolute atomic E-state index is 13.9. The molecular formula is C16H9Cl5FN3O2S. The van der Waals surface area contributed by atoms with Crippen molar-refractivity contribution >= 4 is 73.8 Å². The minimum Gasteiger partial charge on any atom is -0.264 e. The Labute approximate surface area is 185 Å². The van der Waals surface area contributed by atoms with Gasteiger partial charge in [0, 0.05) is 16.8 Å². The number of hydrogen-bond donors (Lipinski definition) is 1. The van der Waals surface area contributed by atoms with Crippen LogP contribution in [-0.4, -0.2) is 18.2 Å². The van der Waals surface area contributed by atoms with Crippen molar-refractivity contribution in [2.75, 3.05) is 4.72 Å². The topological polar surface area (TPSA) is 64.0 Å². The fraction of sp³-hybridized carbons (Fsp3) is 0.0625. The number of anilines is 1. The van der Waals surface area contributed by atoms with Gasteiger partial charge < -0.3 is 0 Å². The van der Waals surface area contributed by atoms with Crippen molar-refractivity contribution in [2.45, 2.75) is 11.4 Å². The third kappa shape index (κ3) is 4.50. The van der Waals surface area contributed by atoms with E-state index in [1.165, 1.54) is 35.1 Å². The number of nitrogens with zero attached hydrogens (tertiary/aromatic N) is 2. The van der Waals surface area contributed by atoms with Gasteiger partial charge in [-0.25, -0.2) is 12.8 Å². The van der Waals surface area contributed by atoms with Crippen molar-refractivity contribution < 1.29 is 12.8 Å². The van der Waals surface area contributed by atoms with Crippen LogP contribution in [0.3, 0.4) is 0 Å². The standard InChI is InChI=1S/C16H9Cl5FN3O2S/c17-9-2-1-3-14(22)8(9)6-25-7-13(21)16(23-25)24-28(26,27)15-5-11(19)10(18)4-12(15)20/h1-5,7H,6H2,(H,23,24). The molecule has 0 atom stereocenters. The summed E-state index contributed by atoms with van der Waals surface area (Å²) in [5, 5.41) is 4.22. The lowest BCUT2D eigenvalue weighted by atomic mass is 10.2. The van der Waals surface area contributed by atoms with Crippen LogP contribution in [0.4, 0.5) is 10.2 Å². The van der Waals surface area contributed by atoms with E-state index in [0.717, 1.165) is 6.07 Å². The molecule has 3 rings (SSSR count). The van der Waals surface area contributed by atoms with Crippen LogP contribution in [0.5, 0.6) is 0 Å². The zero-order valence-electron chi connectivity index (χ0n) is 13.6. The van der Waals surface area contributed by atoms with Crippen molar-refractivity contribution in [3.05, 3.63) is 73.0 Å². The molecule has 0 radical (unpaired) electrons. The van der Waals surface area contributed by atoms with Crippen molar-refractivity contribution in [1.29, 1.82) is 0 Å². The number of hydrogen-bond acceptors (Lipinski definition) is 3. The van der Waals surface area contributed by atoms with Crippen molar-refractivity contribution in [3.8, 4) is 0 Å². The lowest BCUT2D eigenvalue weighted by Gasteiger charge is -2.09. The molecule has 1 heterocycles. The van der Waals surface area contributed by atoms with Crippen molar-refractivity contribution in [2.24, 2.45) is 0 Å². The van der Waals surface area contributed by atoms with Gasteiger partial charge in [0.15, 0.2) is 5.82 Å². The molecule has 0 aliphatic rings. The van der Waals surface area contributed by atoms with E-state index in [2.05, 4.69) is 9.82 Å². The van der Waals surface area contributed by atoms with E-state index in [1.807, 2.05) is 0 Å². The molecule has 2 aromatic carbocycles. The number of sulfonamides is 1. The molecule has 1 aromatic heterocycles. The monoisotopic (exact) mass is 501 g/mol. The lowest BCUT2D eigenvalue weighted by Crippen LogP contribution is -2.15. The Morgan fingerprint density at radius 2 is 1.64 bits per heavy atom. The first-order valence-electron chi connectivity index (χ1n) is 7.41. The molecule has 0 fully saturated rings. The van der Waals surface area contributed by atoms with Crippen LogP contribution in [0.25, 0.3) is 0 Å². The first kappa shape index (κ1) is 21.5. The van der Waals surface area contributed by atoms with E-state index < -0.39 is 15.8 Å². The molecule has 5 nitrogen and oxygen atoms in total. The normalized spacial score (nSPS) is 11.6. The molecule has 0 spiro atoms. The van der Waals surface area contributed by atoms with Crippen LogP contribution >= 0.6 is 58.0 Å². The van der Waals surface area contributed by atoms with Crippen LogP contribution in [-0.2, 0) is 16.6 Å². The zero-order chi connectivity index (χ0) is 20.6. The smallest absolute Gasteiger partial charge is 0.264 e. The maximum Gasteiger partial charge on any atom is 0.264 e. The highest BCUT2D eigenvalue weighted by Crippen LogP contribution is 2.33. The van der Waals surface area contributed by atoms with Gasteiger partial charge in [0.2, 0.25) is 0 Å². The summed E-state index contributed by atoms with van der Waals surface area (Å²) in [5.41, 5.74) is 0.185. The van der Waals surface area contributed by atoms with Crippen LogP contribution in [0, 0.1) is 5.82 Å². The summed E-state index contributed by atoms with van der Waals surface area (Å²) in [6.07, 6.45) is 1.33. The Hall–Kier alpha value is -1.22. The number of rotatable bonds is 5. The van der Waals surface area contributed by atoms with Crippen LogP contribution in [0.1, 0.15) is 5.56 Å². The highest BCUT2D eigenvalue weighted by molar-refractivity contribution is 7.92. The molecule has 0 saturated carbocycles. The summed E-state index contributed by atoms with van der Waals surface area (Å²) in [7, 11) is -4.17. The van der Waals surface area contributed by atoms with Gasteiger partial charge in [-0.1, -0.05) is 64.1 Å². The lowest BCUT2D eigenvalue weighted by molar-refractivity contribution is 0.585. The summed E-state index contributed by atoms with van der Waals surface area (Å²) in [4.78, 5) is -0.300. The average Bonchev–Trinajstić information content (AvgIpc) is 2.93. The average molecular weight is 504 g/mol. The van der Waals surface area contributed by atoms with E-state index in [9.17, 15) is 12.8 Å². The molecule has 12 heteroatoms. The van der Waals surface area contributed by atoms with E-state index in [1.54, 1.807) is 0 Å². The Kier molecular flexibility index (Phi) is 6.34. The third-order valence-corrected chi connectivity index (χ3v) is 6.75. The zero-order valence-corrected chi connectivity index (χ0v) is 18.2. The van der Waals surface area contributed by atoms with Gasteiger partial charge in [0.05, 0.1) is 21.6 Å². The van der Waals surface area contributed by atoms with E-state index in [0.29, 0.717) is 0 Å². The fourth-order valence-electron chi connectivity index (χ4n) is 2.29. The Morgan fingerprint density at radius 3 is 2.32 bits per heavy atom. The predicted octanol–water partition coefficient (Wildman–Crippen LogP) is 6.14. The molecule has 0 unspecified atom stereocenters. The van der Waals surface area contributed by atoms with Crippen molar-refractivity contribution in [1.82, 2.24) is 9.78 Å². The minimum absolute atomic E-state index is 0.00720. The maximum atomic E-state index is 13.9. The largest absolute Gasteiger partial charge is 0.264 e. The highest BCUT2D eigenvalue weighted by atomic mass is 35.5. The van der Waals surface area contributed by atoms with Gasteiger partial charge in [-0.05, 0) is 24.3 Å². The van der Waals surface area contributed by atoms with Crippen LogP contribution in [0.2, 0.25) is 25.1 Å². The summed E-state index contributed by atoms with van der Waals surface area (Å²) in [5.74, 6) is -0.694. The second-order valence-electron chi connectivity index (χ2n) is 5.53. The molecular weight excluding hydrogens is 495 g/mol. The quantitative estimate of drug-likeness (QED) is 0.426. The number of nitrogens with one attached hydrogen (secondary N) is 1. The first-order valence-corrected chi connectivity index (χ1v) is 10.8. The summed E-state index contributed by atoms with van der Waals surface area (Å²) in [6, 6.07) is 6.57. The minimum atomic E-state index is -4.17. The van der Waals surface area contributed by atoms with Crippen molar-refractivity contribution in [3.63, 3.8) is 0 Å². The molecule has 3 aromatic rings. The molecule has 0 aliphatic heterocycles. The molecule has 0 saturated heterocycles. The Balaban J connectivity index is 1.91. The molecule has 1 N–H and O–H groups in total. The number of aromatic nitrogens is 2. The van der Waals surface area contributed by atoms with Gasteiger partial charge in [-0.3, -0.25) is 9.40 Å². The first-order chi connectivity index (χ1) is 13.1. The Morgan fingerprint density at radius 1 is 0.964 bits per heavy atom. The molecule has 28 heavy (non-hydrogen) atoms. The van der Waals surface area contributed by atoms with Gasteiger partial charge in [0.25, 0.3) is 10.0 Å². The molecule has 0 amide bonds. The van der Waals surface area contributed by atoms with Crippen LogP contribution in [0.15, 0.2) is 41.4 Å². The summed E-state index contributed by atoms with van der Waals surface area (Å²) >= 11 is 29.7. The number of halogens is 6.